The summed E-state index contributed by atoms with van der Waals surface area (Å²) in [5, 5.41) is 1.25. The molecule has 0 amide bonds. The molecule has 2 aromatic heterocycles. The molecule has 4 nitrogen and oxygen atoms in total. The number of aryl methyl sites for hydroxylation is 1. The van der Waals surface area contributed by atoms with Crippen LogP contribution in [0.2, 0.25) is 5.02 Å². The van der Waals surface area contributed by atoms with Gasteiger partial charge in [0.25, 0.3) is 5.56 Å². The van der Waals surface area contributed by atoms with E-state index in [9.17, 15) is 4.79 Å². The lowest BCUT2D eigenvalue weighted by Gasteiger charge is -2.06. The van der Waals surface area contributed by atoms with Crippen molar-refractivity contribution in [2.75, 3.05) is 0 Å². The number of hydrogen-bond donors (Lipinski definition) is 0. The maximum absolute atomic E-state index is 13.3. The van der Waals surface area contributed by atoms with Crippen LogP contribution >= 0.6 is 11.6 Å². The molecule has 5 heteroatoms. The van der Waals surface area contributed by atoms with E-state index in [0.29, 0.717) is 21.7 Å². The third-order valence-corrected chi connectivity index (χ3v) is 5.14. The number of halogens is 1. The van der Waals surface area contributed by atoms with E-state index in [1.165, 1.54) is 0 Å². The number of rotatable bonds is 2. The van der Waals surface area contributed by atoms with Gasteiger partial charge in [0.2, 0.25) is 5.78 Å². The van der Waals surface area contributed by atoms with E-state index >= 15 is 0 Å². The Morgan fingerprint density at radius 3 is 2.50 bits per heavy atom. The lowest BCUT2D eigenvalue weighted by Crippen LogP contribution is -2.16. The third kappa shape index (κ3) is 2.62. The van der Waals surface area contributed by atoms with Crippen molar-refractivity contribution in [1.82, 2.24) is 14.0 Å². The summed E-state index contributed by atoms with van der Waals surface area (Å²) in [7, 11) is 0. The van der Waals surface area contributed by atoms with Gasteiger partial charge in [-0.1, -0.05) is 48.0 Å². The van der Waals surface area contributed by atoms with Crippen LogP contribution in [0.1, 0.15) is 5.56 Å². The molecule has 0 aliphatic heterocycles. The Hall–Kier alpha value is -3.37. The summed E-state index contributed by atoms with van der Waals surface area (Å²) in [5.41, 5.74) is 4.37. The summed E-state index contributed by atoms with van der Waals surface area (Å²) in [5.74, 6) is 0.583. The van der Waals surface area contributed by atoms with Crippen molar-refractivity contribution in [3.05, 3.63) is 99.9 Å². The highest BCUT2D eigenvalue weighted by atomic mass is 35.5. The van der Waals surface area contributed by atoms with Gasteiger partial charge in [0.15, 0.2) is 0 Å². The highest BCUT2D eigenvalue weighted by Crippen LogP contribution is 2.26. The van der Waals surface area contributed by atoms with Crippen LogP contribution in [-0.4, -0.2) is 14.0 Å². The van der Waals surface area contributed by atoms with Crippen molar-refractivity contribution >= 4 is 28.3 Å². The van der Waals surface area contributed by atoms with Crippen molar-refractivity contribution in [3.8, 4) is 16.9 Å². The Bertz CT molecular complexity index is 1400. The first-order valence-corrected chi connectivity index (χ1v) is 9.35. The number of aromatic nitrogens is 3. The monoisotopic (exact) mass is 385 g/mol. The minimum Gasteiger partial charge on any atom is -0.285 e. The zero-order valence-electron chi connectivity index (χ0n) is 15.1. The number of fused-ring (bicyclic) bond motifs is 2. The average molecular weight is 386 g/mol. The quantitative estimate of drug-likeness (QED) is 0.415. The van der Waals surface area contributed by atoms with Crippen LogP contribution in [0.15, 0.2) is 83.8 Å². The fourth-order valence-electron chi connectivity index (χ4n) is 3.53. The molecule has 0 spiro atoms. The molecule has 3 aromatic carbocycles. The third-order valence-electron chi connectivity index (χ3n) is 4.89. The van der Waals surface area contributed by atoms with Crippen LogP contribution in [0.4, 0.5) is 0 Å². The Morgan fingerprint density at radius 1 is 0.929 bits per heavy atom. The van der Waals surface area contributed by atoms with Crippen molar-refractivity contribution in [3.63, 3.8) is 0 Å². The SMILES string of the molecule is Cc1cccc(-n2cc(-c3ccc(Cl)cc3)n3c(=O)c4ccccc4nc23)c1. The lowest BCUT2D eigenvalue weighted by atomic mass is 10.1. The van der Waals surface area contributed by atoms with Gasteiger partial charge in [-0.3, -0.25) is 9.36 Å². The van der Waals surface area contributed by atoms with Crippen LogP contribution in [0, 0.1) is 6.92 Å². The minimum absolute atomic E-state index is 0.0862. The molecular weight excluding hydrogens is 370 g/mol. The molecular formula is C23H16ClN3O. The standard InChI is InChI=1S/C23H16ClN3O/c1-15-5-4-6-18(13-15)26-14-21(16-9-11-17(24)12-10-16)27-22(28)19-7-2-3-8-20(19)25-23(26)27/h2-14H,1H3. The van der Waals surface area contributed by atoms with Crippen LogP contribution in [-0.2, 0) is 0 Å². The summed E-state index contributed by atoms with van der Waals surface area (Å²) in [6, 6.07) is 23.1. The van der Waals surface area contributed by atoms with Crippen LogP contribution in [0.5, 0.6) is 0 Å². The fraction of sp³-hybridized carbons (Fsp3) is 0.0435. The summed E-state index contributed by atoms with van der Waals surface area (Å²) in [6.07, 6.45) is 1.96. The first-order chi connectivity index (χ1) is 13.6. The minimum atomic E-state index is -0.0862. The Balaban J connectivity index is 1.93. The predicted octanol–water partition coefficient (Wildman–Crippen LogP) is 5.27. The average Bonchev–Trinajstić information content (AvgIpc) is 3.08. The second-order valence-corrected chi connectivity index (χ2v) is 7.24. The van der Waals surface area contributed by atoms with E-state index in [1.54, 1.807) is 4.40 Å². The smallest absolute Gasteiger partial charge is 0.267 e. The second kappa shape index (κ2) is 6.36. The van der Waals surface area contributed by atoms with Crippen LogP contribution in [0.25, 0.3) is 33.6 Å². The molecule has 0 N–H and O–H groups in total. The van der Waals surface area contributed by atoms with Gasteiger partial charge in [0.05, 0.1) is 16.6 Å². The van der Waals surface area contributed by atoms with Gasteiger partial charge in [-0.05, 0) is 48.9 Å². The van der Waals surface area contributed by atoms with Crippen molar-refractivity contribution in [2.45, 2.75) is 6.92 Å². The number of para-hydroxylation sites is 1. The molecule has 136 valence electrons. The highest BCUT2D eigenvalue weighted by molar-refractivity contribution is 6.30. The Labute approximate surface area is 166 Å². The molecule has 2 heterocycles. The molecule has 0 fully saturated rings. The van der Waals surface area contributed by atoms with E-state index < -0.39 is 0 Å². The molecule has 0 radical (unpaired) electrons. The van der Waals surface area contributed by atoms with Gasteiger partial charge < -0.3 is 0 Å². The maximum atomic E-state index is 13.3. The highest BCUT2D eigenvalue weighted by Gasteiger charge is 2.16. The first kappa shape index (κ1) is 16.8. The van der Waals surface area contributed by atoms with Gasteiger partial charge in [0.1, 0.15) is 0 Å². The topological polar surface area (TPSA) is 39.3 Å². The molecule has 0 saturated heterocycles. The van der Waals surface area contributed by atoms with Crippen molar-refractivity contribution < 1.29 is 0 Å². The van der Waals surface area contributed by atoms with Gasteiger partial charge >= 0.3 is 0 Å². The molecule has 5 rings (SSSR count). The fourth-order valence-corrected chi connectivity index (χ4v) is 3.66. The largest absolute Gasteiger partial charge is 0.285 e. The maximum Gasteiger partial charge on any atom is 0.267 e. The molecule has 0 atom stereocenters. The van der Waals surface area contributed by atoms with E-state index in [0.717, 1.165) is 22.5 Å². The second-order valence-electron chi connectivity index (χ2n) is 6.80. The number of hydrogen-bond acceptors (Lipinski definition) is 2. The first-order valence-electron chi connectivity index (χ1n) is 8.98. The normalized spacial score (nSPS) is 11.4. The zero-order chi connectivity index (χ0) is 19.3. The number of nitrogens with zero attached hydrogens (tertiary/aromatic N) is 3. The molecule has 0 saturated carbocycles. The molecule has 28 heavy (non-hydrogen) atoms. The zero-order valence-corrected chi connectivity index (χ0v) is 15.9. The van der Waals surface area contributed by atoms with Gasteiger partial charge in [-0.2, -0.15) is 0 Å². The van der Waals surface area contributed by atoms with Gasteiger partial charge in [0, 0.05) is 22.5 Å². The summed E-state index contributed by atoms with van der Waals surface area (Å²) < 4.78 is 3.64. The van der Waals surface area contributed by atoms with E-state index in [4.69, 9.17) is 16.6 Å². The summed E-state index contributed by atoms with van der Waals surface area (Å²) in [6.45, 7) is 2.05. The molecule has 5 aromatic rings. The predicted molar refractivity (Wildman–Crippen MR) is 113 cm³/mol. The lowest BCUT2D eigenvalue weighted by molar-refractivity contribution is 1.03. The number of benzene rings is 3. The summed E-state index contributed by atoms with van der Waals surface area (Å²) >= 11 is 6.06. The number of imidazole rings is 1. The van der Waals surface area contributed by atoms with E-state index in [1.807, 2.05) is 84.4 Å². The van der Waals surface area contributed by atoms with E-state index in [-0.39, 0.29) is 5.56 Å². The summed E-state index contributed by atoms with van der Waals surface area (Å²) in [4.78, 5) is 18.2. The van der Waals surface area contributed by atoms with Crippen molar-refractivity contribution in [2.24, 2.45) is 0 Å². The Kier molecular flexibility index (Phi) is 3.81. The van der Waals surface area contributed by atoms with Gasteiger partial charge in [-0.25, -0.2) is 9.38 Å². The van der Waals surface area contributed by atoms with Crippen LogP contribution in [0.3, 0.4) is 0 Å². The van der Waals surface area contributed by atoms with E-state index in [2.05, 4.69) is 6.07 Å². The molecule has 0 unspecified atom stereocenters. The molecule has 0 bridgehead atoms. The van der Waals surface area contributed by atoms with Gasteiger partial charge in [-0.15, -0.1) is 0 Å². The van der Waals surface area contributed by atoms with Crippen molar-refractivity contribution in [1.29, 1.82) is 0 Å². The van der Waals surface area contributed by atoms with Crippen LogP contribution < -0.4 is 5.56 Å². The molecule has 0 aliphatic carbocycles. The molecule has 0 aliphatic rings. The Morgan fingerprint density at radius 2 is 1.71 bits per heavy atom.